The molecule has 0 saturated carbocycles. The fourth-order valence-electron chi connectivity index (χ4n) is 1.21. The van der Waals surface area contributed by atoms with E-state index in [2.05, 4.69) is 21.2 Å². The van der Waals surface area contributed by atoms with Crippen LogP contribution < -0.4 is 5.32 Å². The smallest absolute Gasteiger partial charge is 0.257 e. The highest BCUT2D eigenvalue weighted by molar-refractivity contribution is 9.09. The lowest BCUT2D eigenvalue weighted by atomic mass is 10.0. The number of rotatable bonds is 3. The van der Waals surface area contributed by atoms with Gasteiger partial charge in [-0.3, -0.25) is 4.79 Å². The monoisotopic (exact) mass is 323 g/mol. The maximum Gasteiger partial charge on any atom is 0.257 e. The lowest BCUT2D eigenvalue weighted by molar-refractivity contribution is 0.0905. The molecule has 2 nitrogen and oxygen atoms in total. The summed E-state index contributed by atoms with van der Waals surface area (Å²) in [6.45, 7) is 5.19. The minimum absolute atomic E-state index is 0.111. The van der Waals surface area contributed by atoms with E-state index in [-0.39, 0.29) is 4.83 Å². The molecule has 1 aromatic rings. The predicted molar refractivity (Wildman–Crippen MR) is 66.3 cm³/mol. The SMILES string of the molecule is CC(Br)C(C)(C)NC(=O)c1c(F)cc(F)cc1F. The lowest BCUT2D eigenvalue weighted by Crippen LogP contribution is -2.49. The molecule has 0 aliphatic rings. The fraction of sp³-hybridized carbons (Fsp3) is 0.417. The van der Waals surface area contributed by atoms with Crippen LogP contribution in [-0.4, -0.2) is 16.3 Å². The molecular formula is C12H13BrF3NO. The van der Waals surface area contributed by atoms with Gasteiger partial charge >= 0.3 is 0 Å². The van der Waals surface area contributed by atoms with E-state index in [0.29, 0.717) is 12.1 Å². The Labute approximate surface area is 112 Å². The topological polar surface area (TPSA) is 29.1 Å². The summed E-state index contributed by atoms with van der Waals surface area (Å²) in [6, 6.07) is 0.950. The van der Waals surface area contributed by atoms with Gasteiger partial charge in [0.05, 0.1) is 0 Å². The van der Waals surface area contributed by atoms with E-state index in [1.807, 2.05) is 0 Å². The normalized spacial score (nSPS) is 13.3. The quantitative estimate of drug-likeness (QED) is 0.849. The van der Waals surface area contributed by atoms with E-state index in [9.17, 15) is 18.0 Å². The van der Waals surface area contributed by atoms with Gasteiger partial charge in [-0.05, 0) is 13.8 Å². The molecule has 0 spiro atoms. The van der Waals surface area contributed by atoms with E-state index in [0.717, 1.165) is 0 Å². The largest absolute Gasteiger partial charge is 0.346 e. The second-order valence-electron chi connectivity index (χ2n) is 4.54. The summed E-state index contributed by atoms with van der Waals surface area (Å²) < 4.78 is 39.5. The summed E-state index contributed by atoms with van der Waals surface area (Å²) in [7, 11) is 0. The van der Waals surface area contributed by atoms with E-state index in [1.165, 1.54) is 0 Å². The van der Waals surface area contributed by atoms with Crippen LogP contribution in [0.2, 0.25) is 0 Å². The Kier molecular flexibility index (Phi) is 4.42. The Morgan fingerprint density at radius 3 is 2.11 bits per heavy atom. The third kappa shape index (κ3) is 3.25. The van der Waals surface area contributed by atoms with E-state index in [4.69, 9.17) is 0 Å². The van der Waals surface area contributed by atoms with Crippen LogP contribution in [0.25, 0.3) is 0 Å². The number of amides is 1. The van der Waals surface area contributed by atoms with Gasteiger partial charge in [0.2, 0.25) is 0 Å². The Balaban J connectivity index is 3.06. The Morgan fingerprint density at radius 1 is 1.28 bits per heavy atom. The third-order valence-electron chi connectivity index (χ3n) is 2.66. The average molecular weight is 324 g/mol. The van der Waals surface area contributed by atoms with Crippen LogP contribution in [0.15, 0.2) is 12.1 Å². The molecule has 1 rings (SSSR count). The molecule has 1 N–H and O–H groups in total. The number of hydrogen-bond acceptors (Lipinski definition) is 1. The van der Waals surface area contributed by atoms with Crippen LogP contribution in [0.4, 0.5) is 13.2 Å². The maximum atomic E-state index is 13.4. The number of carbonyl (C=O) groups is 1. The summed E-state index contributed by atoms with van der Waals surface area (Å²) in [6.07, 6.45) is 0. The van der Waals surface area contributed by atoms with Gasteiger partial charge in [0, 0.05) is 22.5 Å². The molecule has 1 aromatic carbocycles. The van der Waals surface area contributed by atoms with Crippen molar-refractivity contribution in [3.05, 3.63) is 35.1 Å². The number of halogens is 4. The zero-order valence-corrected chi connectivity index (χ0v) is 11.7. The Hall–Kier alpha value is -1.04. The van der Waals surface area contributed by atoms with Crippen molar-refractivity contribution in [2.24, 2.45) is 0 Å². The van der Waals surface area contributed by atoms with Crippen molar-refractivity contribution in [1.82, 2.24) is 5.32 Å². The molecule has 0 aliphatic heterocycles. The van der Waals surface area contributed by atoms with Crippen molar-refractivity contribution in [3.8, 4) is 0 Å². The number of alkyl halides is 1. The van der Waals surface area contributed by atoms with Crippen LogP contribution in [-0.2, 0) is 0 Å². The van der Waals surface area contributed by atoms with Gasteiger partial charge in [0.1, 0.15) is 23.0 Å². The molecule has 0 saturated heterocycles. The summed E-state index contributed by atoms with van der Waals surface area (Å²) in [5, 5.41) is 2.48. The predicted octanol–water partition coefficient (Wildman–Crippen LogP) is 3.40. The molecule has 0 radical (unpaired) electrons. The molecule has 0 aliphatic carbocycles. The van der Waals surface area contributed by atoms with Crippen molar-refractivity contribution >= 4 is 21.8 Å². The number of carbonyl (C=O) groups excluding carboxylic acids is 1. The molecule has 100 valence electrons. The number of nitrogens with one attached hydrogen (secondary N) is 1. The van der Waals surface area contributed by atoms with E-state index < -0.39 is 34.5 Å². The molecule has 0 fully saturated rings. The second kappa shape index (κ2) is 5.30. The van der Waals surface area contributed by atoms with Gasteiger partial charge in [-0.1, -0.05) is 22.9 Å². The molecule has 0 heterocycles. The first-order valence-corrected chi connectivity index (χ1v) is 6.18. The average Bonchev–Trinajstić information content (AvgIpc) is 2.13. The van der Waals surface area contributed by atoms with Gasteiger partial charge in [0.25, 0.3) is 5.91 Å². The maximum absolute atomic E-state index is 13.4. The zero-order valence-electron chi connectivity index (χ0n) is 10.2. The van der Waals surface area contributed by atoms with Gasteiger partial charge < -0.3 is 5.32 Å². The fourth-order valence-corrected chi connectivity index (χ4v) is 1.33. The minimum atomic E-state index is -1.22. The van der Waals surface area contributed by atoms with Gasteiger partial charge in [-0.2, -0.15) is 0 Å². The van der Waals surface area contributed by atoms with Crippen molar-refractivity contribution < 1.29 is 18.0 Å². The summed E-state index contributed by atoms with van der Waals surface area (Å²) >= 11 is 3.28. The second-order valence-corrected chi connectivity index (χ2v) is 5.91. The molecule has 1 atom stereocenters. The van der Waals surface area contributed by atoms with Crippen molar-refractivity contribution in [2.45, 2.75) is 31.1 Å². The summed E-state index contributed by atoms with van der Waals surface area (Å²) in [5.41, 5.74) is -1.48. The highest BCUT2D eigenvalue weighted by Crippen LogP contribution is 2.20. The summed E-state index contributed by atoms with van der Waals surface area (Å²) in [4.78, 5) is 11.7. The number of benzene rings is 1. The zero-order chi connectivity index (χ0) is 14.1. The molecule has 1 amide bonds. The van der Waals surface area contributed by atoms with E-state index in [1.54, 1.807) is 20.8 Å². The molecule has 0 bridgehead atoms. The molecule has 18 heavy (non-hydrogen) atoms. The standard InChI is InChI=1S/C12H13BrF3NO/c1-6(13)12(2,3)17-11(18)10-8(15)4-7(14)5-9(10)16/h4-6H,1-3H3,(H,17,18). The first-order valence-electron chi connectivity index (χ1n) is 5.26. The highest BCUT2D eigenvalue weighted by Gasteiger charge is 2.29. The van der Waals surface area contributed by atoms with Gasteiger partial charge in [-0.25, -0.2) is 13.2 Å². The van der Waals surface area contributed by atoms with Crippen LogP contribution in [0, 0.1) is 17.5 Å². The Morgan fingerprint density at radius 2 is 1.72 bits per heavy atom. The van der Waals surface area contributed by atoms with Gasteiger partial charge in [0.15, 0.2) is 0 Å². The first kappa shape index (κ1) is 15.0. The molecule has 6 heteroatoms. The van der Waals surface area contributed by atoms with Crippen LogP contribution >= 0.6 is 15.9 Å². The number of hydrogen-bond donors (Lipinski definition) is 1. The Bertz CT molecular complexity index is 451. The first-order chi connectivity index (χ1) is 8.15. The highest BCUT2D eigenvalue weighted by atomic mass is 79.9. The molecule has 0 aromatic heterocycles. The van der Waals surface area contributed by atoms with E-state index >= 15 is 0 Å². The third-order valence-corrected chi connectivity index (χ3v) is 3.81. The molecular weight excluding hydrogens is 311 g/mol. The molecule has 1 unspecified atom stereocenters. The van der Waals surface area contributed by atoms with Crippen LogP contribution in [0.5, 0.6) is 0 Å². The minimum Gasteiger partial charge on any atom is -0.346 e. The van der Waals surface area contributed by atoms with Crippen molar-refractivity contribution in [2.75, 3.05) is 0 Å². The summed E-state index contributed by atoms with van der Waals surface area (Å²) in [5.74, 6) is -4.41. The van der Waals surface area contributed by atoms with Crippen LogP contribution in [0.3, 0.4) is 0 Å². The van der Waals surface area contributed by atoms with Crippen LogP contribution in [0.1, 0.15) is 31.1 Å². The van der Waals surface area contributed by atoms with Crippen molar-refractivity contribution in [1.29, 1.82) is 0 Å². The van der Waals surface area contributed by atoms with Gasteiger partial charge in [-0.15, -0.1) is 0 Å². The van der Waals surface area contributed by atoms with Crippen molar-refractivity contribution in [3.63, 3.8) is 0 Å². The lowest BCUT2D eigenvalue weighted by Gasteiger charge is -2.29.